The van der Waals surface area contributed by atoms with Crippen LogP contribution in [0.3, 0.4) is 0 Å². The molecule has 2 heterocycles. The zero-order valence-corrected chi connectivity index (χ0v) is 15.0. The maximum absolute atomic E-state index is 14.2. The molecule has 1 fully saturated rings. The van der Waals surface area contributed by atoms with Gasteiger partial charge in [-0.3, -0.25) is 9.59 Å². The van der Waals surface area contributed by atoms with E-state index in [1.165, 1.54) is 17.0 Å². The lowest BCUT2D eigenvalue weighted by Gasteiger charge is -2.24. The van der Waals surface area contributed by atoms with E-state index >= 15 is 0 Å². The van der Waals surface area contributed by atoms with Gasteiger partial charge in [0.05, 0.1) is 24.0 Å². The van der Waals surface area contributed by atoms with Crippen LogP contribution in [-0.2, 0) is 9.53 Å². The Morgan fingerprint density at radius 2 is 2.00 bits per heavy atom. The minimum atomic E-state index is -0.731. The number of rotatable bonds is 4. The lowest BCUT2D eigenvalue weighted by molar-refractivity contribution is -0.122. The Bertz CT molecular complexity index is 976. The first-order chi connectivity index (χ1) is 13.5. The van der Waals surface area contributed by atoms with E-state index in [1.807, 2.05) is 0 Å². The van der Waals surface area contributed by atoms with Crippen LogP contribution in [0.5, 0.6) is 0 Å². The molecule has 0 unspecified atom stereocenters. The summed E-state index contributed by atoms with van der Waals surface area (Å²) in [6, 6.07) is 7.22. The molecule has 2 aliphatic rings. The molecular formula is C21H18F2N2O3. The Hall–Kier alpha value is -3.06. The first-order valence-electron chi connectivity index (χ1n) is 8.93. The third-order valence-corrected chi connectivity index (χ3v) is 5.05. The highest BCUT2D eigenvalue weighted by atomic mass is 19.1. The maximum atomic E-state index is 14.2. The summed E-state index contributed by atoms with van der Waals surface area (Å²) < 4.78 is 33.0. The van der Waals surface area contributed by atoms with Crippen LogP contribution in [0.1, 0.15) is 16.8 Å². The highest BCUT2D eigenvalue weighted by molar-refractivity contribution is 6.11. The van der Waals surface area contributed by atoms with E-state index in [9.17, 15) is 18.4 Å². The standard InChI is InChI=1S/C21H18F2N2O3/c1-2-9-28-18-7-8-25-19(18)20(26)24-17-6-3-12(10-15(17)21(25)27)14-5-4-13(22)11-16(14)23/h2-6,10-11,18-19H,1,7-9H2,(H,24,26)/t18-,19+/m1/s1. The van der Waals surface area contributed by atoms with Crippen LogP contribution in [-0.4, -0.2) is 42.0 Å². The molecule has 0 radical (unpaired) electrons. The van der Waals surface area contributed by atoms with Crippen molar-refractivity contribution in [2.24, 2.45) is 0 Å². The average Bonchev–Trinajstić information content (AvgIpc) is 3.06. The number of hydrogen-bond acceptors (Lipinski definition) is 3. The molecule has 1 N–H and O–H groups in total. The van der Waals surface area contributed by atoms with E-state index in [2.05, 4.69) is 11.9 Å². The normalized spacial score (nSPS) is 21.0. The molecule has 0 aliphatic carbocycles. The first kappa shape index (κ1) is 18.3. The van der Waals surface area contributed by atoms with Crippen LogP contribution < -0.4 is 5.32 Å². The second kappa shape index (κ2) is 7.16. The number of ether oxygens (including phenoxy) is 1. The molecule has 2 atom stereocenters. The predicted octanol–water partition coefficient (Wildman–Crippen LogP) is 3.37. The van der Waals surface area contributed by atoms with Gasteiger partial charge in [0, 0.05) is 18.2 Å². The zero-order valence-electron chi connectivity index (χ0n) is 15.0. The Kier molecular flexibility index (Phi) is 4.68. The van der Waals surface area contributed by atoms with Crippen LogP contribution in [0.15, 0.2) is 49.1 Å². The molecule has 28 heavy (non-hydrogen) atoms. The lowest BCUT2D eigenvalue weighted by atomic mass is 10.0. The fourth-order valence-electron chi connectivity index (χ4n) is 3.75. The van der Waals surface area contributed by atoms with Gasteiger partial charge in [0.2, 0.25) is 5.91 Å². The number of carbonyl (C=O) groups is 2. The summed E-state index contributed by atoms with van der Waals surface area (Å²) in [6.07, 6.45) is 1.72. The van der Waals surface area contributed by atoms with Gasteiger partial charge >= 0.3 is 0 Å². The molecule has 144 valence electrons. The minimum Gasteiger partial charge on any atom is -0.371 e. The van der Waals surface area contributed by atoms with E-state index in [1.54, 1.807) is 18.2 Å². The van der Waals surface area contributed by atoms with Crippen LogP contribution in [0, 0.1) is 11.6 Å². The highest BCUT2D eigenvalue weighted by Crippen LogP contribution is 2.33. The summed E-state index contributed by atoms with van der Waals surface area (Å²) in [5, 5.41) is 2.77. The van der Waals surface area contributed by atoms with Gasteiger partial charge < -0.3 is 15.0 Å². The maximum Gasteiger partial charge on any atom is 0.256 e. The summed E-state index contributed by atoms with van der Waals surface area (Å²) in [4.78, 5) is 27.3. The number of fused-ring (bicyclic) bond motifs is 2. The molecule has 7 heteroatoms. The van der Waals surface area contributed by atoms with Crippen molar-refractivity contribution in [1.29, 1.82) is 0 Å². The Morgan fingerprint density at radius 3 is 2.75 bits per heavy atom. The topological polar surface area (TPSA) is 58.6 Å². The smallest absolute Gasteiger partial charge is 0.256 e. The number of anilines is 1. The van der Waals surface area contributed by atoms with Gasteiger partial charge in [0.25, 0.3) is 5.91 Å². The lowest BCUT2D eigenvalue weighted by Crippen LogP contribution is -2.46. The van der Waals surface area contributed by atoms with Gasteiger partial charge in [-0.05, 0) is 36.2 Å². The monoisotopic (exact) mass is 384 g/mol. The van der Waals surface area contributed by atoms with Crippen molar-refractivity contribution < 1.29 is 23.1 Å². The number of amides is 2. The van der Waals surface area contributed by atoms with Crippen LogP contribution >= 0.6 is 0 Å². The molecule has 2 aromatic carbocycles. The molecular weight excluding hydrogens is 366 g/mol. The van der Waals surface area contributed by atoms with Crippen LogP contribution in [0.2, 0.25) is 0 Å². The van der Waals surface area contributed by atoms with Crippen LogP contribution in [0.4, 0.5) is 14.5 Å². The van der Waals surface area contributed by atoms with E-state index < -0.39 is 23.8 Å². The third kappa shape index (κ3) is 3.07. The molecule has 0 spiro atoms. The fraction of sp³-hybridized carbons (Fsp3) is 0.238. The number of nitrogens with zero attached hydrogens (tertiary/aromatic N) is 1. The van der Waals surface area contributed by atoms with Crippen molar-refractivity contribution >= 4 is 17.5 Å². The zero-order chi connectivity index (χ0) is 19.8. The van der Waals surface area contributed by atoms with Crippen LogP contribution in [0.25, 0.3) is 11.1 Å². The number of hydrogen-bond donors (Lipinski definition) is 1. The van der Waals surface area contributed by atoms with Crippen molar-refractivity contribution in [2.75, 3.05) is 18.5 Å². The van der Waals surface area contributed by atoms with Gasteiger partial charge in [-0.15, -0.1) is 6.58 Å². The van der Waals surface area contributed by atoms with Crippen molar-refractivity contribution in [3.05, 3.63) is 66.3 Å². The number of carbonyl (C=O) groups excluding carboxylic acids is 2. The molecule has 0 bridgehead atoms. The molecule has 2 aliphatic heterocycles. The summed E-state index contributed by atoms with van der Waals surface area (Å²) in [6.45, 7) is 4.27. The largest absolute Gasteiger partial charge is 0.371 e. The molecule has 0 aromatic heterocycles. The molecule has 2 aromatic rings. The number of nitrogens with one attached hydrogen (secondary N) is 1. The molecule has 5 nitrogen and oxygen atoms in total. The molecule has 4 rings (SSSR count). The van der Waals surface area contributed by atoms with E-state index in [-0.39, 0.29) is 29.5 Å². The van der Waals surface area contributed by atoms with Crippen molar-refractivity contribution in [2.45, 2.75) is 18.6 Å². The van der Waals surface area contributed by atoms with Gasteiger partial charge in [-0.25, -0.2) is 8.78 Å². The Labute approximate surface area is 160 Å². The number of benzene rings is 2. The van der Waals surface area contributed by atoms with Crippen molar-refractivity contribution in [1.82, 2.24) is 4.90 Å². The van der Waals surface area contributed by atoms with E-state index in [0.717, 1.165) is 12.1 Å². The summed E-state index contributed by atoms with van der Waals surface area (Å²) in [5.41, 5.74) is 1.23. The summed E-state index contributed by atoms with van der Waals surface area (Å²) >= 11 is 0. The van der Waals surface area contributed by atoms with E-state index in [4.69, 9.17) is 4.74 Å². The second-order valence-electron chi connectivity index (χ2n) is 6.77. The highest BCUT2D eigenvalue weighted by Gasteiger charge is 2.45. The van der Waals surface area contributed by atoms with Gasteiger partial charge in [-0.1, -0.05) is 12.1 Å². The summed E-state index contributed by atoms with van der Waals surface area (Å²) in [5.74, 6) is -2.04. The van der Waals surface area contributed by atoms with E-state index in [0.29, 0.717) is 24.2 Å². The van der Waals surface area contributed by atoms with Gasteiger partial charge in [0.1, 0.15) is 17.7 Å². The summed E-state index contributed by atoms with van der Waals surface area (Å²) in [7, 11) is 0. The first-order valence-corrected chi connectivity index (χ1v) is 8.93. The SMILES string of the molecule is C=CCO[C@@H]1CCN2C(=O)c3cc(-c4ccc(F)cc4F)ccc3NC(=O)[C@H]12. The van der Waals surface area contributed by atoms with Crippen molar-refractivity contribution in [3.63, 3.8) is 0 Å². The minimum absolute atomic E-state index is 0.178. The predicted molar refractivity (Wildman–Crippen MR) is 99.8 cm³/mol. The van der Waals surface area contributed by atoms with Crippen molar-refractivity contribution in [3.8, 4) is 11.1 Å². The number of halogens is 2. The average molecular weight is 384 g/mol. The molecule has 1 saturated heterocycles. The fourth-order valence-corrected chi connectivity index (χ4v) is 3.75. The second-order valence-corrected chi connectivity index (χ2v) is 6.77. The molecule has 0 saturated carbocycles. The quantitative estimate of drug-likeness (QED) is 0.823. The Morgan fingerprint density at radius 1 is 1.18 bits per heavy atom. The van der Waals surface area contributed by atoms with Gasteiger partial charge in [-0.2, -0.15) is 0 Å². The third-order valence-electron chi connectivity index (χ3n) is 5.05. The molecule has 2 amide bonds. The Balaban J connectivity index is 1.71. The van der Waals surface area contributed by atoms with Gasteiger partial charge in [0.15, 0.2) is 0 Å².